The molecule has 0 spiro atoms. The minimum Gasteiger partial charge on any atom is -0.497 e. The third-order valence-electron chi connectivity index (χ3n) is 5.62. The summed E-state index contributed by atoms with van der Waals surface area (Å²) in [6.45, 7) is 9.54. The van der Waals surface area contributed by atoms with Gasteiger partial charge < -0.3 is 25.0 Å². The van der Waals surface area contributed by atoms with E-state index in [2.05, 4.69) is 10.6 Å². The highest BCUT2D eigenvalue weighted by Gasteiger charge is 2.36. The van der Waals surface area contributed by atoms with Crippen LogP contribution in [0.4, 0.5) is 10.5 Å². The second kappa shape index (κ2) is 14.7. The smallest absolute Gasteiger partial charge is 0.408 e. The van der Waals surface area contributed by atoms with E-state index in [9.17, 15) is 14.4 Å². The molecule has 0 radical (unpaired) electrons. The first-order valence-electron chi connectivity index (χ1n) is 12.8. The number of hydrogen-bond donors (Lipinski definition) is 2. The number of carbonyl (C=O) groups excluding carboxylic acids is 3. The summed E-state index contributed by atoms with van der Waals surface area (Å²) in [6.07, 6.45) is 2.31. The lowest BCUT2D eigenvalue weighted by Gasteiger charge is -2.34. The predicted molar refractivity (Wildman–Crippen MR) is 154 cm³/mol. The highest BCUT2D eigenvalue weighted by atomic mass is 32.2. The Bertz CT molecular complexity index is 1070. The highest BCUT2D eigenvalue weighted by molar-refractivity contribution is 7.98. The zero-order valence-corrected chi connectivity index (χ0v) is 24.3. The fourth-order valence-electron chi connectivity index (χ4n) is 3.95. The maximum Gasteiger partial charge on any atom is 0.408 e. The molecule has 2 aromatic carbocycles. The van der Waals surface area contributed by atoms with Gasteiger partial charge in [-0.25, -0.2) is 4.79 Å². The van der Waals surface area contributed by atoms with Crippen LogP contribution in [-0.2, 0) is 14.3 Å². The average molecular weight is 544 g/mol. The molecule has 2 aromatic rings. The van der Waals surface area contributed by atoms with Crippen molar-refractivity contribution in [3.8, 4) is 5.75 Å². The summed E-state index contributed by atoms with van der Waals surface area (Å²) < 4.78 is 10.6. The Kier molecular flexibility index (Phi) is 12.0. The van der Waals surface area contributed by atoms with E-state index < -0.39 is 23.8 Å². The van der Waals surface area contributed by atoms with E-state index in [1.54, 1.807) is 68.8 Å². The quantitative estimate of drug-likeness (QED) is 0.363. The summed E-state index contributed by atoms with van der Waals surface area (Å²) in [6, 6.07) is 12.8. The van der Waals surface area contributed by atoms with E-state index in [1.165, 1.54) is 0 Å². The number of rotatable bonds is 12. The lowest BCUT2D eigenvalue weighted by atomic mass is 10.00. The molecule has 0 bridgehead atoms. The zero-order valence-electron chi connectivity index (χ0n) is 23.5. The van der Waals surface area contributed by atoms with Crippen molar-refractivity contribution in [2.24, 2.45) is 0 Å². The molecule has 208 valence electrons. The van der Waals surface area contributed by atoms with Crippen molar-refractivity contribution in [3.05, 3.63) is 59.7 Å². The molecule has 0 heterocycles. The fourth-order valence-corrected chi connectivity index (χ4v) is 4.42. The van der Waals surface area contributed by atoms with Gasteiger partial charge in [-0.15, -0.1) is 0 Å². The third kappa shape index (κ3) is 9.59. The van der Waals surface area contributed by atoms with Gasteiger partial charge in [0.2, 0.25) is 5.91 Å². The van der Waals surface area contributed by atoms with Crippen molar-refractivity contribution in [2.75, 3.05) is 31.0 Å². The van der Waals surface area contributed by atoms with Crippen molar-refractivity contribution in [3.63, 3.8) is 0 Å². The van der Waals surface area contributed by atoms with Crippen LogP contribution >= 0.6 is 11.8 Å². The minimum atomic E-state index is -0.901. The van der Waals surface area contributed by atoms with Crippen molar-refractivity contribution in [1.82, 2.24) is 10.2 Å². The third-order valence-corrected chi connectivity index (χ3v) is 6.27. The standard InChI is InChI=1S/C29H41N3O5S/c1-8-17-32(27(34)24(16-18-38-7)31-28(35)37-29(3,4)5)25(21-11-9-10-20(2)19-21)26(33)30-22-12-14-23(36-6)15-13-22/h9-15,19,24-25H,8,16-18H2,1-7H3,(H,30,33)(H,31,35). The summed E-state index contributed by atoms with van der Waals surface area (Å²) >= 11 is 1.58. The number of methoxy groups -OCH3 is 1. The second-order valence-electron chi connectivity index (χ2n) is 10.0. The zero-order chi connectivity index (χ0) is 28.3. The van der Waals surface area contributed by atoms with Gasteiger partial charge >= 0.3 is 6.09 Å². The van der Waals surface area contributed by atoms with E-state index in [0.29, 0.717) is 42.1 Å². The number of ether oxygens (including phenoxy) is 2. The topological polar surface area (TPSA) is 97.0 Å². The Labute approximate surface area is 230 Å². The van der Waals surface area contributed by atoms with Gasteiger partial charge in [-0.05, 0) is 82.4 Å². The van der Waals surface area contributed by atoms with E-state index in [1.807, 2.05) is 44.4 Å². The number of thioether (sulfide) groups is 1. The number of aryl methyl sites for hydroxylation is 1. The molecular weight excluding hydrogens is 502 g/mol. The first kappa shape index (κ1) is 31.0. The van der Waals surface area contributed by atoms with Gasteiger partial charge in [0.25, 0.3) is 5.91 Å². The average Bonchev–Trinajstić information content (AvgIpc) is 2.85. The van der Waals surface area contributed by atoms with Crippen LogP contribution in [0.1, 0.15) is 57.7 Å². The first-order valence-corrected chi connectivity index (χ1v) is 14.2. The summed E-state index contributed by atoms with van der Waals surface area (Å²) in [5, 5.41) is 5.71. The van der Waals surface area contributed by atoms with Crippen molar-refractivity contribution < 1.29 is 23.9 Å². The van der Waals surface area contributed by atoms with Crippen molar-refractivity contribution in [1.29, 1.82) is 0 Å². The molecule has 2 rings (SSSR count). The molecule has 0 fully saturated rings. The molecule has 0 aliphatic heterocycles. The van der Waals surface area contributed by atoms with Crippen LogP contribution in [0.25, 0.3) is 0 Å². The van der Waals surface area contributed by atoms with E-state index in [-0.39, 0.29) is 11.8 Å². The van der Waals surface area contributed by atoms with Crippen LogP contribution in [0.2, 0.25) is 0 Å². The SMILES string of the molecule is CCCN(C(=O)C(CCSC)NC(=O)OC(C)(C)C)C(C(=O)Nc1ccc(OC)cc1)c1cccc(C)c1. The van der Waals surface area contributed by atoms with Gasteiger partial charge in [0.1, 0.15) is 23.4 Å². The maximum atomic E-state index is 14.0. The Hall–Kier alpha value is -3.20. The monoisotopic (exact) mass is 543 g/mol. The number of anilines is 1. The maximum absolute atomic E-state index is 14.0. The molecule has 3 amide bonds. The molecular formula is C29H41N3O5S. The Morgan fingerprint density at radius 1 is 1.08 bits per heavy atom. The largest absolute Gasteiger partial charge is 0.497 e. The fraction of sp³-hybridized carbons (Fsp3) is 0.483. The van der Waals surface area contributed by atoms with E-state index in [0.717, 1.165) is 5.56 Å². The minimum absolute atomic E-state index is 0.330. The summed E-state index contributed by atoms with van der Waals surface area (Å²) in [5.41, 5.74) is 1.55. The van der Waals surface area contributed by atoms with Gasteiger partial charge in [0.15, 0.2) is 0 Å². The summed E-state index contributed by atoms with van der Waals surface area (Å²) in [4.78, 5) is 42.0. The molecule has 2 unspecified atom stereocenters. The molecule has 2 atom stereocenters. The second-order valence-corrected chi connectivity index (χ2v) is 11.0. The summed E-state index contributed by atoms with van der Waals surface area (Å²) in [5.74, 6) is 0.650. The van der Waals surface area contributed by atoms with Gasteiger partial charge in [-0.1, -0.05) is 36.8 Å². The normalized spacial score (nSPS) is 12.7. The van der Waals surface area contributed by atoms with Crippen LogP contribution in [0.15, 0.2) is 48.5 Å². The summed E-state index contributed by atoms with van der Waals surface area (Å²) in [7, 11) is 1.58. The van der Waals surface area contributed by atoms with Gasteiger partial charge in [0, 0.05) is 12.2 Å². The lowest BCUT2D eigenvalue weighted by Crippen LogP contribution is -2.52. The van der Waals surface area contributed by atoms with Crippen LogP contribution in [0, 0.1) is 6.92 Å². The van der Waals surface area contributed by atoms with E-state index in [4.69, 9.17) is 9.47 Å². The number of nitrogens with zero attached hydrogens (tertiary/aromatic N) is 1. The number of nitrogens with one attached hydrogen (secondary N) is 2. The molecule has 0 aliphatic rings. The number of amides is 3. The number of benzene rings is 2. The predicted octanol–water partition coefficient (Wildman–Crippen LogP) is 5.57. The lowest BCUT2D eigenvalue weighted by molar-refractivity contribution is -0.140. The number of alkyl carbamates (subject to hydrolysis) is 1. The van der Waals surface area contributed by atoms with Crippen LogP contribution in [-0.4, -0.2) is 60.1 Å². The van der Waals surface area contributed by atoms with Crippen molar-refractivity contribution >= 4 is 35.4 Å². The Morgan fingerprint density at radius 2 is 1.76 bits per heavy atom. The molecule has 0 saturated carbocycles. The van der Waals surface area contributed by atoms with Crippen molar-refractivity contribution in [2.45, 2.75) is 65.1 Å². The molecule has 2 N–H and O–H groups in total. The molecule has 0 aliphatic carbocycles. The highest BCUT2D eigenvalue weighted by Crippen LogP contribution is 2.27. The molecule has 0 aromatic heterocycles. The van der Waals surface area contributed by atoms with Crippen LogP contribution in [0.3, 0.4) is 0 Å². The molecule has 0 saturated heterocycles. The Balaban J connectivity index is 2.46. The van der Waals surface area contributed by atoms with Gasteiger partial charge in [-0.2, -0.15) is 11.8 Å². The van der Waals surface area contributed by atoms with E-state index >= 15 is 0 Å². The molecule has 9 heteroatoms. The van der Waals surface area contributed by atoms with Crippen LogP contribution in [0.5, 0.6) is 5.75 Å². The Morgan fingerprint density at radius 3 is 2.32 bits per heavy atom. The molecule has 38 heavy (non-hydrogen) atoms. The number of carbonyl (C=O) groups is 3. The van der Waals surface area contributed by atoms with Gasteiger partial charge in [0.05, 0.1) is 7.11 Å². The first-order chi connectivity index (χ1) is 18.0. The molecule has 8 nitrogen and oxygen atoms in total. The van der Waals surface area contributed by atoms with Crippen LogP contribution < -0.4 is 15.4 Å². The number of hydrogen-bond acceptors (Lipinski definition) is 6. The van der Waals surface area contributed by atoms with Gasteiger partial charge in [-0.3, -0.25) is 9.59 Å².